The highest BCUT2D eigenvalue weighted by atomic mass is 35.5. The van der Waals surface area contributed by atoms with Crippen LogP contribution in [0.3, 0.4) is 0 Å². The first-order valence-electron chi connectivity index (χ1n) is 6.98. The summed E-state index contributed by atoms with van der Waals surface area (Å²) in [6.07, 6.45) is 1.42. The Labute approximate surface area is 153 Å². The second-order valence-electron chi connectivity index (χ2n) is 5.22. The third-order valence-electron chi connectivity index (χ3n) is 3.73. The SMILES string of the molecule is NCc1cn(S(=O)(=O)c2ccc(Cl)c(N(O)O)c2)c2cc(Cl)ccc12. The van der Waals surface area contributed by atoms with Gasteiger partial charge in [-0.2, -0.15) is 0 Å². The van der Waals surface area contributed by atoms with E-state index in [2.05, 4.69) is 0 Å². The maximum Gasteiger partial charge on any atom is 0.268 e. The van der Waals surface area contributed by atoms with Crippen molar-refractivity contribution >= 4 is 49.8 Å². The molecule has 1 aromatic heterocycles. The van der Waals surface area contributed by atoms with Crippen molar-refractivity contribution in [3.63, 3.8) is 0 Å². The molecule has 0 saturated carbocycles. The molecule has 0 amide bonds. The van der Waals surface area contributed by atoms with Crippen molar-refractivity contribution in [1.29, 1.82) is 0 Å². The number of benzene rings is 2. The first-order chi connectivity index (χ1) is 11.8. The molecule has 0 aliphatic rings. The van der Waals surface area contributed by atoms with Crippen LogP contribution in [0.2, 0.25) is 10.0 Å². The average molecular weight is 402 g/mol. The van der Waals surface area contributed by atoms with Crippen LogP contribution in [0.4, 0.5) is 5.69 Å². The van der Waals surface area contributed by atoms with Crippen LogP contribution in [0.25, 0.3) is 10.9 Å². The van der Waals surface area contributed by atoms with Gasteiger partial charge in [0, 0.05) is 23.2 Å². The second kappa shape index (κ2) is 6.49. The van der Waals surface area contributed by atoms with Crippen LogP contribution < -0.4 is 11.0 Å². The summed E-state index contributed by atoms with van der Waals surface area (Å²) < 4.78 is 27.1. The molecule has 0 saturated heterocycles. The van der Waals surface area contributed by atoms with Crippen molar-refractivity contribution < 1.29 is 18.8 Å². The van der Waals surface area contributed by atoms with E-state index in [-0.39, 0.29) is 27.4 Å². The minimum absolute atomic E-state index is 0.0213. The molecule has 7 nitrogen and oxygen atoms in total. The summed E-state index contributed by atoms with van der Waals surface area (Å²) in [6, 6.07) is 8.44. The van der Waals surface area contributed by atoms with Gasteiger partial charge in [0.2, 0.25) is 0 Å². The molecule has 3 aromatic rings. The molecule has 0 atom stereocenters. The predicted octanol–water partition coefficient (Wildman–Crippen LogP) is 3.23. The Morgan fingerprint density at radius 1 is 1.12 bits per heavy atom. The van der Waals surface area contributed by atoms with Crippen molar-refractivity contribution in [2.24, 2.45) is 5.73 Å². The molecule has 3 rings (SSSR count). The van der Waals surface area contributed by atoms with Gasteiger partial charge in [0.15, 0.2) is 0 Å². The molecule has 25 heavy (non-hydrogen) atoms. The van der Waals surface area contributed by atoms with Gasteiger partial charge in [-0.05, 0) is 35.9 Å². The number of halogens is 2. The molecular formula is C15H13Cl2N3O4S. The fraction of sp³-hybridized carbons (Fsp3) is 0.0667. The van der Waals surface area contributed by atoms with E-state index in [0.29, 0.717) is 21.5 Å². The zero-order valence-corrected chi connectivity index (χ0v) is 14.9. The molecule has 0 fully saturated rings. The lowest BCUT2D eigenvalue weighted by Gasteiger charge is -2.13. The number of rotatable bonds is 4. The molecule has 0 spiro atoms. The van der Waals surface area contributed by atoms with Crippen LogP contribution in [-0.2, 0) is 16.6 Å². The van der Waals surface area contributed by atoms with E-state index in [1.807, 2.05) is 0 Å². The summed E-state index contributed by atoms with van der Waals surface area (Å²) >= 11 is 11.8. The van der Waals surface area contributed by atoms with Gasteiger partial charge in [-0.15, -0.1) is 5.23 Å². The lowest BCUT2D eigenvalue weighted by Crippen LogP contribution is -2.15. The number of hydrogen-bond donors (Lipinski definition) is 3. The Balaban J connectivity index is 2.27. The van der Waals surface area contributed by atoms with Gasteiger partial charge in [0.1, 0.15) is 5.69 Å². The fourth-order valence-corrected chi connectivity index (χ4v) is 4.28. The first-order valence-corrected chi connectivity index (χ1v) is 9.18. The highest BCUT2D eigenvalue weighted by Gasteiger charge is 2.23. The van der Waals surface area contributed by atoms with Gasteiger partial charge >= 0.3 is 0 Å². The summed E-state index contributed by atoms with van der Waals surface area (Å²) in [4.78, 5) is -0.180. The quantitative estimate of drug-likeness (QED) is 0.579. The summed E-state index contributed by atoms with van der Waals surface area (Å²) in [6.45, 7) is 0.146. The lowest BCUT2D eigenvalue weighted by molar-refractivity contribution is 0.0291. The van der Waals surface area contributed by atoms with Gasteiger partial charge in [-0.1, -0.05) is 29.3 Å². The Kier molecular flexibility index (Phi) is 4.67. The van der Waals surface area contributed by atoms with Crippen molar-refractivity contribution in [2.75, 3.05) is 5.23 Å². The van der Waals surface area contributed by atoms with Gasteiger partial charge in [-0.3, -0.25) is 10.4 Å². The van der Waals surface area contributed by atoms with Gasteiger partial charge < -0.3 is 5.73 Å². The number of fused-ring (bicyclic) bond motifs is 1. The van der Waals surface area contributed by atoms with Crippen LogP contribution >= 0.6 is 23.2 Å². The molecule has 0 unspecified atom stereocenters. The largest absolute Gasteiger partial charge is 0.326 e. The van der Waals surface area contributed by atoms with E-state index in [1.54, 1.807) is 12.1 Å². The van der Waals surface area contributed by atoms with Gasteiger partial charge in [0.25, 0.3) is 10.0 Å². The van der Waals surface area contributed by atoms with Crippen molar-refractivity contribution in [3.8, 4) is 0 Å². The molecule has 0 aliphatic heterocycles. The summed E-state index contributed by atoms with van der Waals surface area (Å²) in [5.41, 5.74) is 6.44. The topological polar surface area (TPSA) is 109 Å². The third kappa shape index (κ3) is 3.08. The smallest absolute Gasteiger partial charge is 0.268 e. The monoisotopic (exact) mass is 401 g/mol. The molecule has 4 N–H and O–H groups in total. The minimum atomic E-state index is -4.05. The number of nitrogens with two attached hydrogens (primary N) is 1. The Morgan fingerprint density at radius 3 is 2.48 bits per heavy atom. The molecular weight excluding hydrogens is 389 g/mol. The van der Waals surface area contributed by atoms with E-state index < -0.39 is 10.0 Å². The van der Waals surface area contributed by atoms with Gasteiger partial charge in [0.05, 0.1) is 15.4 Å². The van der Waals surface area contributed by atoms with Crippen LogP contribution in [-0.4, -0.2) is 22.8 Å². The molecule has 10 heteroatoms. The van der Waals surface area contributed by atoms with E-state index in [9.17, 15) is 18.8 Å². The summed E-state index contributed by atoms with van der Waals surface area (Å²) in [7, 11) is -4.05. The minimum Gasteiger partial charge on any atom is -0.326 e. The number of aromatic nitrogens is 1. The Bertz CT molecular complexity index is 1060. The number of hydrogen-bond acceptors (Lipinski definition) is 6. The zero-order valence-electron chi connectivity index (χ0n) is 12.6. The lowest BCUT2D eigenvalue weighted by atomic mass is 10.2. The van der Waals surface area contributed by atoms with Crippen LogP contribution in [0.1, 0.15) is 5.56 Å². The van der Waals surface area contributed by atoms with Crippen molar-refractivity contribution in [2.45, 2.75) is 11.4 Å². The van der Waals surface area contributed by atoms with E-state index in [4.69, 9.17) is 28.9 Å². The predicted molar refractivity (Wildman–Crippen MR) is 94.9 cm³/mol. The van der Waals surface area contributed by atoms with E-state index >= 15 is 0 Å². The summed E-state index contributed by atoms with van der Waals surface area (Å²) in [5.74, 6) is 0. The van der Waals surface area contributed by atoms with Crippen molar-refractivity contribution in [3.05, 3.63) is 58.2 Å². The van der Waals surface area contributed by atoms with Crippen LogP contribution in [0.5, 0.6) is 0 Å². The zero-order chi connectivity index (χ0) is 18.4. The first kappa shape index (κ1) is 18.0. The van der Waals surface area contributed by atoms with Gasteiger partial charge in [-0.25, -0.2) is 12.4 Å². The number of nitrogens with zero attached hydrogens (tertiary/aromatic N) is 2. The molecule has 0 aliphatic carbocycles. The molecule has 1 heterocycles. The fourth-order valence-electron chi connectivity index (χ4n) is 2.52. The maximum absolute atomic E-state index is 13.0. The molecule has 0 radical (unpaired) electrons. The Hall–Kier alpha value is -1.81. The molecule has 2 aromatic carbocycles. The van der Waals surface area contributed by atoms with Crippen LogP contribution in [0, 0.1) is 0 Å². The standard InChI is InChI=1S/C15H13Cl2N3O4S/c16-10-1-3-12-9(7-18)8-19(14(12)5-10)25(23,24)11-2-4-13(17)15(6-11)20(21)22/h1-6,8,21-22H,7,18H2. The summed E-state index contributed by atoms with van der Waals surface area (Å²) in [5, 5.41) is 19.1. The third-order valence-corrected chi connectivity index (χ3v) is 5.95. The van der Waals surface area contributed by atoms with E-state index in [1.165, 1.54) is 24.4 Å². The van der Waals surface area contributed by atoms with Crippen molar-refractivity contribution in [1.82, 2.24) is 3.97 Å². The highest BCUT2D eigenvalue weighted by Crippen LogP contribution is 2.31. The Morgan fingerprint density at radius 2 is 1.84 bits per heavy atom. The molecule has 0 bridgehead atoms. The highest BCUT2D eigenvalue weighted by molar-refractivity contribution is 7.90. The maximum atomic E-state index is 13.0. The van der Waals surface area contributed by atoms with E-state index in [0.717, 1.165) is 10.0 Å². The normalized spacial score (nSPS) is 11.9. The average Bonchev–Trinajstić information content (AvgIpc) is 2.93. The number of anilines is 1. The van der Waals surface area contributed by atoms with Crippen LogP contribution in [0.15, 0.2) is 47.5 Å². The second-order valence-corrected chi connectivity index (χ2v) is 7.88. The molecule has 132 valence electrons.